The molecule has 0 aromatic heterocycles. The molecule has 0 aliphatic rings. The zero-order valence-electron chi connectivity index (χ0n) is 11.8. The summed E-state index contributed by atoms with van der Waals surface area (Å²) in [5, 5.41) is 20.0. The molecule has 0 spiro atoms. The van der Waals surface area contributed by atoms with Crippen LogP contribution >= 0.6 is 0 Å². The van der Waals surface area contributed by atoms with E-state index < -0.39 is 11.7 Å². The Balaban J connectivity index is 3.05. The lowest BCUT2D eigenvalue weighted by molar-refractivity contribution is 0.0873. The standard InChI is InChI=1S/C15H25NO2/c1-5-14(17)12-9-7-8-10-13(12)16(6-2)11-15(3,4)18/h7-10,14,17-18H,5-6,11H2,1-4H3. The first kappa shape index (κ1) is 15.0. The molecule has 0 saturated carbocycles. The van der Waals surface area contributed by atoms with Crippen LogP contribution in [0.25, 0.3) is 0 Å². The SMILES string of the molecule is CCC(O)c1ccccc1N(CC)CC(C)(C)O. The smallest absolute Gasteiger partial charge is 0.0807 e. The Kier molecular flexibility index (Phi) is 5.17. The highest BCUT2D eigenvalue weighted by molar-refractivity contribution is 5.54. The number of hydrogen-bond donors (Lipinski definition) is 2. The Morgan fingerprint density at radius 2 is 1.83 bits per heavy atom. The average molecular weight is 251 g/mol. The van der Waals surface area contributed by atoms with E-state index in [1.54, 1.807) is 13.8 Å². The molecule has 0 radical (unpaired) electrons. The first-order chi connectivity index (χ1) is 8.39. The van der Waals surface area contributed by atoms with Gasteiger partial charge in [-0.05, 0) is 33.3 Å². The third kappa shape index (κ3) is 4.00. The van der Waals surface area contributed by atoms with Gasteiger partial charge < -0.3 is 15.1 Å². The maximum Gasteiger partial charge on any atom is 0.0807 e. The summed E-state index contributed by atoms with van der Waals surface area (Å²) in [4.78, 5) is 2.11. The number of hydrogen-bond acceptors (Lipinski definition) is 3. The van der Waals surface area contributed by atoms with Crippen LogP contribution < -0.4 is 4.90 Å². The predicted octanol–water partition coefficient (Wildman–Crippen LogP) is 2.73. The van der Waals surface area contributed by atoms with Gasteiger partial charge in [0.05, 0.1) is 11.7 Å². The highest BCUT2D eigenvalue weighted by Gasteiger charge is 2.20. The Labute approximate surface area is 110 Å². The van der Waals surface area contributed by atoms with Crippen LogP contribution in [0.4, 0.5) is 5.69 Å². The maximum atomic E-state index is 10.1. The molecule has 0 aliphatic heterocycles. The van der Waals surface area contributed by atoms with Crippen molar-refractivity contribution < 1.29 is 10.2 Å². The van der Waals surface area contributed by atoms with E-state index in [1.807, 2.05) is 31.2 Å². The van der Waals surface area contributed by atoms with Crippen molar-refractivity contribution in [2.75, 3.05) is 18.0 Å². The number of nitrogens with zero attached hydrogens (tertiary/aromatic N) is 1. The van der Waals surface area contributed by atoms with Crippen molar-refractivity contribution in [1.82, 2.24) is 0 Å². The quantitative estimate of drug-likeness (QED) is 0.817. The lowest BCUT2D eigenvalue weighted by Crippen LogP contribution is -2.39. The first-order valence-corrected chi connectivity index (χ1v) is 6.63. The Hall–Kier alpha value is -1.06. The number of benzene rings is 1. The summed E-state index contributed by atoms with van der Waals surface area (Å²) < 4.78 is 0. The Morgan fingerprint density at radius 3 is 2.33 bits per heavy atom. The number of aliphatic hydroxyl groups excluding tert-OH is 1. The molecule has 1 atom stereocenters. The summed E-state index contributed by atoms with van der Waals surface area (Å²) in [6.45, 7) is 8.98. The molecule has 0 fully saturated rings. The van der Waals surface area contributed by atoms with Gasteiger partial charge in [-0.2, -0.15) is 0 Å². The number of likely N-dealkylation sites (N-methyl/N-ethyl adjacent to an activating group) is 1. The molecule has 0 heterocycles. The molecule has 0 bridgehead atoms. The third-order valence-corrected chi connectivity index (χ3v) is 2.98. The van der Waals surface area contributed by atoms with E-state index in [2.05, 4.69) is 11.8 Å². The summed E-state index contributed by atoms with van der Waals surface area (Å²) in [6.07, 6.45) is 0.244. The molecular weight excluding hydrogens is 226 g/mol. The van der Waals surface area contributed by atoms with Gasteiger partial charge in [-0.3, -0.25) is 0 Å². The van der Waals surface area contributed by atoms with Gasteiger partial charge >= 0.3 is 0 Å². The van der Waals surface area contributed by atoms with Gasteiger partial charge in [0.2, 0.25) is 0 Å². The van der Waals surface area contributed by atoms with Crippen LogP contribution in [-0.2, 0) is 0 Å². The van der Waals surface area contributed by atoms with Crippen molar-refractivity contribution in [3.63, 3.8) is 0 Å². The molecule has 102 valence electrons. The molecule has 1 unspecified atom stereocenters. The monoisotopic (exact) mass is 251 g/mol. The average Bonchev–Trinajstić information content (AvgIpc) is 2.34. The zero-order chi connectivity index (χ0) is 13.8. The minimum Gasteiger partial charge on any atom is -0.389 e. The number of aliphatic hydroxyl groups is 2. The largest absolute Gasteiger partial charge is 0.389 e. The van der Waals surface area contributed by atoms with Gasteiger partial charge in [-0.15, -0.1) is 0 Å². The fourth-order valence-corrected chi connectivity index (χ4v) is 2.11. The van der Waals surface area contributed by atoms with Crippen molar-refractivity contribution >= 4 is 5.69 Å². The normalized spacial score (nSPS) is 13.4. The van der Waals surface area contributed by atoms with Crippen LogP contribution in [0, 0.1) is 0 Å². The predicted molar refractivity (Wildman–Crippen MR) is 75.9 cm³/mol. The number of para-hydroxylation sites is 1. The Bertz CT molecular complexity index is 371. The number of rotatable bonds is 6. The van der Waals surface area contributed by atoms with E-state index in [-0.39, 0.29) is 0 Å². The second-order valence-corrected chi connectivity index (χ2v) is 5.31. The molecule has 1 rings (SSSR count). The first-order valence-electron chi connectivity index (χ1n) is 6.63. The molecule has 3 nitrogen and oxygen atoms in total. The van der Waals surface area contributed by atoms with E-state index in [1.165, 1.54) is 0 Å². The second kappa shape index (κ2) is 6.21. The highest BCUT2D eigenvalue weighted by Crippen LogP contribution is 2.28. The van der Waals surface area contributed by atoms with E-state index in [0.717, 1.165) is 17.8 Å². The second-order valence-electron chi connectivity index (χ2n) is 5.31. The van der Waals surface area contributed by atoms with Crippen molar-refractivity contribution in [2.24, 2.45) is 0 Å². The van der Waals surface area contributed by atoms with Crippen LogP contribution in [0.5, 0.6) is 0 Å². The summed E-state index contributed by atoms with van der Waals surface area (Å²) in [5.74, 6) is 0. The topological polar surface area (TPSA) is 43.7 Å². The van der Waals surface area contributed by atoms with Gasteiger partial charge in [0.15, 0.2) is 0 Å². The molecule has 18 heavy (non-hydrogen) atoms. The van der Waals surface area contributed by atoms with Gasteiger partial charge in [0.25, 0.3) is 0 Å². The summed E-state index contributed by atoms with van der Waals surface area (Å²) in [7, 11) is 0. The minimum absolute atomic E-state index is 0.447. The molecule has 1 aromatic rings. The fraction of sp³-hybridized carbons (Fsp3) is 0.600. The van der Waals surface area contributed by atoms with Gasteiger partial charge in [0, 0.05) is 24.3 Å². The molecular formula is C15H25NO2. The Morgan fingerprint density at radius 1 is 1.22 bits per heavy atom. The van der Waals surface area contributed by atoms with E-state index in [4.69, 9.17) is 0 Å². The van der Waals surface area contributed by atoms with Gasteiger partial charge in [-0.1, -0.05) is 25.1 Å². The molecule has 3 heteroatoms. The molecule has 2 N–H and O–H groups in total. The summed E-state index contributed by atoms with van der Waals surface area (Å²) in [6, 6.07) is 7.86. The minimum atomic E-state index is -0.750. The lowest BCUT2D eigenvalue weighted by Gasteiger charge is -2.32. The lowest BCUT2D eigenvalue weighted by atomic mass is 10.0. The third-order valence-electron chi connectivity index (χ3n) is 2.98. The van der Waals surface area contributed by atoms with Gasteiger partial charge in [0.1, 0.15) is 0 Å². The molecule has 0 aliphatic carbocycles. The van der Waals surface area contributed by atoms with Crippen LogP contribution in [0.15, 0.2) is 24.3 Å². The van der Waals surface area contributed by atoms with Crippen LogP contribution in [-0.4, -0.2) is 28.9 Å². The summed E-state index contributed by atoms with van der Waals surface area (Å²) in [5.41, 5.74) is 1.20. The van der Waals surface area contributed by atoms with Crippen molar-refractivity contribution in [2.45, 2.75) is 45.8 Å². The number of anilines is 1. The molecule has 1 aromatic carbocycles. The van der Waals surface area contributed by atoms with Crippen LogP contribution in [0.1, 0.15) is 45.8 Å². The summed E-state index contributed by atoms with van der Waals surface area (Å²) >= 11 is 0. The van der Waals surface area contributed by atoms with Crippen molar-refractivity contribution in [3.05, 3.63) is 29.8 Å². The van der Waals surface area contributed by atoms with E-state index in [0.29, 0.717) is 13.0 Å². The van der Waals surface area contributed by atoms with Crippen LogP contribution in [0.2, 0.25) is 0 Å². The molecule has 0 amide bonds. The zero-order valence-corrected chi connectivity index (χ0v) is 11.8. The van der Waals surface area contributed by atoms with Crippen molar-refractivity contribution in [3.8, 4) is 0 Å². The van der Waals surface area contributed by atoms with E-state index >= 15 is 0 Å². The van der Waals surface area contributed by atoms with Crippen molar-refractivity contribution in [1.29, 1.82) is 0 Å². The van der Waals surface area contributed by atoms with E-state index in [9.17, 15) is 10.2 Å². The maximum absolute atomic E-state index is 10.1. The van der Waals surface area contributed by atoms with Crippen LogP contribution in [0.3, 0.4) is 0 Å². The highest BCUT2D eigenvalue weighted by atomic mass is 16.3. The fourth-order valence-electron chi connectivity index (χ4n) is 2.11. The van der Waals surface area contributed by atoms with Gasteiger partial charge in [-0.25, -0.2) is 0 Å². The molecule has 0 saturated heterocycles.